The van der Waals surface area contributed by atoms with Crippen LogP contribution >= 0.6 is 11.6 Å². The van der Waals surface area contributed by atoms with Crippen LogP contribution in [0, 0.1) is 5.92 Å². The van der Waals surface area contributed by atoms with Gasteiger partial charge in [0.25, 0.3) is 5.91 Å². The highest BCUT2D eigenvalue weighted by atomic mass is 35.5. The van der Waals surface area contributed by atoms with Gasteiger partial charge in [0.2, 0.25) is 5.88 Å². The first kappa shape index (κ1) is 20.1. The van der Waals surface area contributed by atoms with Crippen molar-refractivity contribution in [2.45, 2.75) is 43.3 Å². The molecule has 8 nitrogen and oxygen atoms in total. The first-order valence-corrected chi connectivity index (χ1v) is 9.84. The molecular formula is C14H16ClF3N4O4S. The van der Waals surface area contributed by atoms with Gasteiger partial charge in [0.15, 0.2) is 5.15 Å². The molecule has 1 aromatic rings. The molecule has 2 N–H and O–H groups in total. The minimum absolute atomic E-state index is 0.0231. The maximum Gasteiger partial charge on any atom is 0.511 e. The molecule has 3 aliphatic rings. The van der Waals surface area contributed by atoms with E-state index in [9.17, 15) is 26.4 Å². The van der Waals surface area contributed by atoms with E-state index in [-0.39, 0.29) is 22.1 Å². The molecule has 1 heterocycles. The molecule has 0 radical (unpaired) electrons. The molecule has 0 aromatic carbocycles. The number of ether oxygens (including phenoxy) is 1. The quantitative estimate of drug-likeness (QED) is 0.682. The van der Waals surface area contributed by atoms with Gasteiger partial charge in [0, 0.05) is 11.6 Å². The molecule has 2 bridgehead atoms. The number of rotatable bonds is 7. The Morgan fingerprint density at radius 3 is 2.56 bits per heavy atom. The largest absolute Gasteiger partial charge is 0.511 e. The number of hydrogen-bond donors (Lipinski definition) is 2. The van der Waals surface area contributed by atoms with Crippen LogP contribution in [0.1, 0.15) is 36.5 Å². The predicted molar refractivity (Wildman–Crippen MR) is 87.6 cm³/mol. The Bertz CT molecular complexity index is 847. The van der Waals surface area contributed by atoms with E-state index < -0.39 is 34.1 Å². The van der Waals surface area contributed by atoms with Gasteiger partial charge in [-0.15, -0.1) is 10.2 Å². The highest BCUT2D eigenvalue weighted by Gasteiger charge is 2.57. The lowest BCUT2D eigenvalue weighted by atomic mass is 9.50. The summed E-state index contributed by atoms with van der Waals surface area (Å²) in [6.07, 6.45) is 2.78. The van der Waals surface area contributed by atoms with Crippen molar-refractivity contribution >= 4 is 27.5 Å². The van der Waals surface area contributed by atoms with Crippen molar-refractivity contribution in [1.82, 2.24) is 20.2 Å². The van der Waals surface area contributed by atoms with Gasteiger partial charge in [0.05, 0.1) is 11.6 Å². The highest BCUT2D eigenvalue weighted by molar-refractivity contribution is 7.90. The van der Waals surface area contributed by atoms with Crippen molar-refractivity contribution in [2.24, 2.45) is 5.92 Å². The lowest BCUT2D eigenvalue weighted by molar-refractivity contribution is -0.0453. The summed E-state index contributed by atoms with van der Waals surface area (Å²) >= 11 is 5.89. The SMILES string of the molecule is C[C@@H](COc1cc(C(=O)NC23CC(C2)C3)c(Cl)nn1)NS(=O)(=O)C(F)(F)F. The van der Waals surface area contributed by atoms with Gasteiger partial charge >= 0.3 is 15.5 Å². The van der Waals surface area contributed by atoms with Crippen LogP contribution in [-0.4, -0.2) is 48.2 Å². The molecule has 0 spiro atoms. The van der Waals surface area contributed by atoms with E-state index in [0.717, 1.165) is 19.3 Å². The van der Waals surface area contributed by atoms with Crippen molar-refractivity contribution < 1.29 is 31.1 Å². The zero-order valence-electron chi connectivity index (χ0n) is 14.0. The summed E-state index contributed by atoms with van der Waals surface area (Å²) in [4.78, 5) is 12.4. The Hall–Kier alpha value is -1.66. The van der Waals surface area contributed by atoms with Gasteiger partial charge in [-0.3, -0.25) is 4.79 Å². The number of aromatic nitrogens is 2. The number of amides is 1. The summed E-state index contributed by atoms with van der Waals surface area (Å²) in [7, 11) is -5.49. The molecule has 3 fully saturated rings. The van der Waals surface area contributed by atoms with Crippen molar-refractivity contribution in [1.29, 1.82) is 0 Å². The summed E-state index contributed by atoms with van der Waals surface area (Å²) in [6.45, 7) is 0.724. The third-order valence-corrected chi connectivity index (χ3v) is 6.13. The molecule has 27 heavy (non-hydrogen) atoms. The summed E-state index contributed by atoms with van der Waals surface area (Å²) in [5.41, 5.74) is -5.58. The van der Waals surface area contributed by atoms with E-state index in [1.54, 1.807) is 0 Å². The van der Waals surface area contributed by atoms with Crippen molar-refractivity contribution in [2.75, 3.05) is 6.61 Å². The van der Waals surface area contributed by atoms with E-state index in [1.165, 1.54) is 17.7 Å². The fourth-order valence-corrected chi connectivity index (χ4v) is 4.01. The van der Waals surface area contributed by atoms with Crippen LogP contribution in [0.2, 0.25) is 5.15 Å². The van der Waals surface area contributed by atoms with Crippen LogP contribution in [0.5, 0.6) is 5.88 Å². The van der Waals surface area contributed by atoms with Gasteiger partial charge in [-0.1, -0.05) is 11.6 Å². The molecule has 1 amide bonds. The van der Waals surface area contributed by atoms with Gasteiger partial charge in [-0.05, 0) is 32.1 Å². The molecule has 150 valence electrons. The number of nitrogens with one attached hydrogen (secondary N) is 2. The molecule has 1 atom stereocenters. The number of alkyl halides is 3. The first-order chi connectivity index (χ1) is 12.4. The minimum Gasteiger partial charge on any atom is -0.475 e. The van der Waals surface area contributed by atoms with Crippen LogP contribution in [0.15, 0.2) is 6.07 Å². The molecular weight excluding hydrogens is 413 g/mol. The monoisotopic (exact) mass is 428 g/mol. The predicted octanol–water partition coefficient (Wildman–Crippen LogP) is 1.62. The number of nitrogens with zero attached hydrogens (tertiary/aromatic N) is 2. The van der Waals surface area contributed by atoms with Gasteiger partial charge < -0.3 is 10.1 Å². The normalized spacial score (nSPS) is 25.1. The van der Waals surface area contributed by atoms with Crippen LogP contribution in [-0.2, 0) is 10.0 Å². The first-order valence-electron chi connectivity index (χ1n) is 7.98. The number of carbonyl (C=O) groups excluding carboxylic acids is 1. The van der Waals surface area contributed by atoms with Crippen LogP contribution in [0.25, 0.3) is 0 Å². The Labute approximate surface area is 157 Å². The average molecular weight is 429 g/mol. The standard InChI is InChI=1S/C14H16ClF3N4O4S/c1-7(22-27(24,25)14(16,17)18)6-26-10-2-9(11(15)21-20-10)12(23)19-13-3-8(4-13)5-13/h2,7-8,22H,3-6H2,1H3,(H,19,23)/t7-,8?,13?/m0/s1. The van der Waals surface area contributed by atoms with E-state index in [0.29, 0.717) is 5.92 Å². The fraction of sp³-hybridized carbons (Fsp3) is 0.643. The maximum absolute atomic E-state index is 12.4. The number of halogens is 4. The zero-order valence-corrected chi connectivity index (χ0v) is 15.6. The third kappa shape index (κ3) is 4.11. The topological polar surface area (TPSA) is 110 Å². The van der Waals surface area contributed by atoms with Crippen LogP contribution in [0.4, 0.5) is 13.2 Å². The molecule has 0 unspecified atom stereocenters. The molecule has 1 aromatic heterocycles. The smallest absolute Gasteiger partial charge is 0.475 e. The lowest BCUT2D eigenvalue weighted by Gasteiger charge is -2.61. The summed E-state index contributed by atoms with van der Waals surface area (Å²) in [5.74, 6) is 0.0566. The molecule has 0 saturated heterocycles. The lowest BCUT2D eigenvalue weighted by Crippen LogP contribution is -2.68. The zero-order chi connectivity index (χ0) is 20.0. The third-order valence-electron chi connectivity index (χ3n) is 4.53. The summed E-state index contributed by atoms with van der Waals surface area (Å²) in [5, 5.41) is 9.94. The van der Waals surface area contributed by atoms with E-state index in [1.807, 2.05) is 0 Å². The van der Waals surface area contributed by atoms with Crippen molar-refractivity contribution in [3.63, 3.8) is 0 Å². The molecule has 3 aliphatic carbocycles. The second-order valence-electron chi connectivity index (χ2n) is 6.88. The Balaban J connectivity index is 1.59. The minimum atomic E-state index is -5.49. The Kier molecular flexibility index (Phi) is 5.02. The van der Waals surface area contributed by atoms with Crippen molar-refractivity contribution in [3.05, 3.63) is 16.8 Å². The van der Waals surface area contributed by atoms with Crippen molar-refractivity contribution in [3.8, 4) is 5.88 Å². The highest BCUT2D eigenvalue weighted by Crippen LogP contribution is 2.57. The second-order valence-corrected chi connectivity index (χ2v) is 8.94. The van der Waals surface area contributed by atoms with E-state index in [4.69, 9.17) is 16.3 Å². The van der Waals surface area contributed by atoms with E-state index in [2.05, 4.69) is 15.5 Å². The van der Waals surface area contributed by atoms with E-state index >= 15 is 0 Å². The Morgan fingerprint density at radius 2 is 2.04 bits per heavy atom. The molecule has 3 saturated carbocycles. The summed E-state index contributed by atoms with van der Waals surface area (Å²) in [6, 6.07) is 0.00772. The van der Waals surface area contributed by atoms with Gasteiger partial charge in [0.1, 0.15) is 6.61 Å². The van der Waals surface area contributed by atoms with Crippen LogP contribution in [0.3, 0.4) is 0 Å². The van der Waals surface area contributed by atoms with Gasteiger partial charge in [-0.2, -0.15) is 13.2 Å². The molecule has 4 rings (SSSR count). The Morgan fingerprint density at radius 1 is 1.41 bits per heavy atom. The second kappa shape index (κ2) is 6.74. The molecule has 0 aliphatic heterocycles. The maximum atomic E-state index is 12.4. The van der Waals surface area contributed by atoms with Crippen LogP contribution < -0.4 is 14.8 Å². The number of carbonyl (C=O) groups is 1. The molecule has 13 heteroatoms. The summed E-state index contributed by atoms with van der Waals surface area (Å²) < 4.78 is 65.7. The number of hydrogen-bond acceptors (Lipinski definition) is 6. The fourth-order valence-electron chi connectivity index (χ4n) is 3.10. The van der Waals surface area contributed by atoms with Gasteiger partial charge in [-0.25, -0.2) is 13.1 Å². The number of sulfonamides is 1. The average Bonchev–Trinajstić information content (AvgIpc) is 2.47.